The molecule has 2 amide bonds. The van der Waals surface area contributed by atoms with Crippen molar-refractivity contribution in [2.45, 2.75) is 25.7 Å². The van der Waals surface area contributed by atoms with Gasteiger partial charge in [-0.2, -0.15) is 0 Å². The van der Waals surface area contributed by atoms with E-state index in [1.165, 1.54) is 0 Å². The molecular formula is C13H11F2NO4. The first-order valence-electron chi connectivity index (χ1n) is 6.00. The van der Waals surface area contributed by atoms with E-state index in [2.05, 4.69) is 0 Å². The Morgan fingerprint density at radius 1 is 1.05 bits per heavy atom. The molecule has 2 rings (SSSR count). The van der Waals surface area contributed by atoms with Gasteiger partial charge in [-0.1, -0.05) is 0 Å². The Bertz CT molecular complexity index is 582. The lowest BCUT2D eigenvalue weighted by atomic mass is 10.1. The van der Waals surface area contributed by atoms with Crippen LogP contribution in [0.1, 0.15) is 36.0 Å². The van der Waals surface area contributed by atoms with Crippen LogP contribution in [0.3, 0.4) is 0 Å². The number of halogens is 2. The molecule has 1 aromatic carbocycles. The van der Waals surface area contributed by atoms with Crippen molar-refractivity contribution in [3.63, 3.8) is 0 Å². The average Bonchev–Trinajstić information content (AvgIpc) is 2.52. The zero-order valence-electron chi connectivity index (χ0n) is 10.4. The summed E-state index contributed by atoms with van der Waals surface area (Å²) < 4.78 is 27.1. The maximum Gasteiger partial charge on any atom is 0.338 e. The Kier molecular flexibility index (Phi) is 3.78. The Morgan fingerprint density at radius 2 is 1.60 bits per heavy atom. The summed E-state index contributed by atoms with van der Waals surface area (Å²) in [5.74, 6) is -5.23. The van der Waals surface area contributed by atoms with Gasteiger partial charge in [-0.25, -0.2) is 18.5 Å². The van der Waals surface area contributed by atoms with Gasteiger partial charge in [0.15, 0.2) is 0 Å². The molecule has 0 unspecified atom stereocenters. The van der Waals surface area contributed by atoms with Gasteiger partial charge in [-0.05, 0) is 18.9 Å². The van der Waals surface area contributed by atoms with Crippen molar-refractivity contribution in [3.05, 3.63) is 29.3 Å². The lowest BCUT2D eigenvalue weighted by Gasteiger charge is -2.19. The fraction of sp³-hybridized carbons (Fsp3) is 0.308. The summed E-state index contributed by atoms with van der Waals surface area (Å²) in [4.78, 5) is 35.1. The van der Waals surface area contributed by atoms with Crippen LogP contribution in [0.15, 0.2) is 12.1 Å². The Morgan fingerprint density at radius 3 is 2.10 bits per heavy atom. The van der Waals surface area contributed by atoms with Gasteiger partial charge in [0.05, 0.1) is 11.3 Å². The molecule has 0 aromatic heterocycles. The molecule has 1 N–H and O–H groups in total. The number of anilines is 1. The molecule has 7 heteroatoms. The molecular weight excluding hydrogens is 272 g/mol. The van der Waals surface area contributed by atoms with Crippen molar-refractivity contribution in [1.82, 2.24) is 0 Å². The lowest BCUT2D eigenvalue weighted by molar-refractivity contribution is -0.125. The summed E-state index contributed by atoms with van der Waals surface area (Å²) >= 11 is 0. The number of nitrogens with zero attached hydrogens (tertiary/aromatic N) is 1. The van der Waals surface area contributed by atoms with Gasteiger partial charge in [0.2, 0.25) is 11.8 Å². The third kappa shape index (κ3) is 2.52. The average molecular weight is 283 g/mol. The highest BCUT2D eigenvalue weighted by Crippen LogP contribution is 2.27. The summed E-state index contributed by atoms with van der Waals surface area (Å²) in [7, 11) is 0. The van der Waals surface area contributed by atoms with Crippen LogP contribution in [-0.4, -0.2) is 22.9 Å². The predicted molar refractivity (Wildman–Crippen MR) is 64.3 cm³/mol. The standard InChI is InChI=1S/C13H11F2NO4/c14-8-6-9(15)10(5-7(8)13(19)20)16-11(17)3-1-2-4-12(16)18/h5-6H,1-4H2,(H,19,20). The highest BCUT2D eigenvalue weighted by atomic mass is 19.1. The molecule has 106 valence electrons. The normalized spacial score (nSPS) is 16.2. The van der Waals surface area contributed by atoms with Gasteiger partial charge in [0.25, 0.3) is 0 Å². The van der Waals surface area contributed by atoms with Crippen molar-refractivity contribution >= 4 is 23.5 Å². The topological polar surface area (TPSA) is 74.7 Å². The quantitative estimate of drug-likeness (QED) is 0.843. The van der Waals surface area contributed by atoms with Crippen LogP contribution in [0.4, 0.5) is 14.5 Å². The van der Waals surface area contributed by atoms with Crippen molar-refractivity contribution in [3.8, 4) is 0 Å². The fourth-order valence-corrected chi connectivity index (χ4v) is 2.06. The van der Waals surface area contributed by atoms with Crippen LogP contribution in [-0.2, 0) is 9.59 Å². The number of carboxylic acid groups (broad SMARTS) is 1. The van der Waals surface area contributed by atoms with E-state index in [1.54, 1.807) is 0 Å². The van der Waals surface area contributed by atoms with Crippen LogP contribution in [0, 0.1) is 11.6 Å². The number of hydrogen-bond donors (Lipinski definition) is 1. The zero-order chi connectivity index (χ0) is 14.9. The van der Waals surface area contributed by atoms with Crippen LogP contribution >= 0.6 is 0 Å². The van der Waals surface area contributed by atoms with E-state index in [0.29, 0.717) is 29.9 Å². The van der Waals surface area contributed by atoms with E-state index in [-0.39, 0.29) is 12.8 Å². The summed E-state index contributed by atoms with van der Waals surface area (Å²) in [5.41, 5.74) is -1.30. The number of amides is 2. The third-order valence-corrected chi connectivity index (χ3v) is 3.04. The number of aromatic carboxylic acids is 1. The van der Waals surface area contributed by atoms with E-state index in [4.69, 9.17) is 5.11 Å². The van der Waals surface area contributed by atoms with Crippen LogP contribution in [0.2, 0.25) is 0 Å². The molecule has 20 heavy (non-hydrogen) atoms. The number of hydrogen-bond acceptors (Lipinski definition) is 3. The minimum absolute atomic E-state index is 0.0605. The molecule has 0 atom stereocenters. The molecule has 0 spiro atoms. The summed E-state index contributed by atoms with van der Waals surface area (Å²) in [6, 6.07) is 1.04. The van der Waals surface area contributed by atoms with Gasteiger partial charge in [-0.15, -0.1) is 0 Å². The maximum atomic E-state index is 13.8. The summed E-state index contributed by atoms with van der Waals surface area (Å²) in [6.07, 6.45) is 1.11. The summed E-state index contributed by atoms with van der Waals surface area (Å²) in [6.45, 7) is 0. The van der Waals surface area contributed by atoms with Gasteiger partial charge in [0, 0.05) is 18.9 Å². The lowest BCUT2D eigenvalue weighted by Crippen LogP contribution is -2.36. The van der Waals surface area contributed by atoms with Crippen LogP contribution < -0.4 is 4.90 Å². The van der Waals surface area contributed by atoms with Crippen LogP contribution in [0.25, 0.3) is 0 Å². The van der Waals surface area contributed by atoms with E-state index in [0.717, 1.165) is 0 Å². The molecule has 1 aromatic rings. The molecule has 1 heterocycles. The van der Waals surface area contributed by atoms with Gasteiger partial charge < -0.3 is 5.11 Å². The van der Waals surface area contributed by atoms with E-state index in [9.17, 15) is 23.2 Å². The molecule has 0 radical (unpaired) electrons. The van der Waals surface area contributed by atoms with Crippen molar-refractivity contribution < 1.29 is 28.3 Å². The SMILES string of the molecule is O=C(O)c1cc(N2C(=O)CCCCC2=O)c(F)cc1F. The number of carbonyl (C=O) groups is 3. The molecule has 1 saturated heterocycles. The van der Waals surface area contributed by atoms with Crippen molar-refractivity contribution in [2.24, 2.45) is 0 Å². The second-order valence-electron chi connectivity index (χ2n) is 4.42. The third-order valence-electron chi connectivity index (χ3n) is 3.04. The Balaban J connectivity index is 2.55. The molecule has 0 bridgehead atoms. The largest absolute Gasteiger partial charge is 0.478 e. The minimum atomic E-state index is -1.60. The van der Waals surface area contributed by atoms with Gasteiger partial charge in [-0.3, -0.25) is 9.59 Å². The molecule has 1 aliphatic heterocycles. The first-order valence-corrected chi connectivity index (χ1v) is 6.00. The van der Waals surface area contributed by atoms with Crippen LogP contribution in [0.5, 0.6) is 0 Å². The van der Waals surface area contributed by atoms with Crippen molar-refractivity contribution in [2.75, 3.05) is 4.90 Å². The maximum absolute atomic E-state index is 13.8. The number of carboxylic acids is 1. The fourth-order valence-electron chi connectivity index (χ4n) is 2.06. The second kappa shape index (κ2) is 5.36. The van der Waals surface area contributed by atoms with Gasteiger partial charge >= 0.3 is 5.97 Å². The van der Waals surface area contributed by atoms with Gasteiger partial charge in [0.1, 0.15) is 11.6 Å². The Labute approximate surface area is 112 Å². The molecule has 0 saturated carbocycles. The number of rotatable bonds is 2. The molecule has 0 aliphatic carbocycles. The Hall–Kier alpha value is -2.31. The van der Waals surface area contributed by atoms with E-state index >= 15 is 0 Å². The number of benzene rings is 1. The number of carbonyl (C=O) groups excluding carboxylic acids is 2. The highest BCUT2D eigenvalue weighted by Gasteiger charge is 2.29. The van der Waals surface area contributed by atoms with E-state index in [1.807, 2.05) is 0 Å². The molecule has 5 nitrogen and oxygen atoms in total. The first kappa shape index (κ1) is 14.1. The minimum Gasteiger partial charge on any atom is -0.478 e. The second-order valence-corrected chi connectivity index (χ2v) is 4.42. The predicted octanol–water partition coefficient (Wildman–Crippen LogP) is 2.10. The first-order chi connectivity index (χ1) is 9.41. The molecule has 1 fully saturated rings. The number of imide groups is 1. The summed E-state index contributed by atoms with van der Waals surface area (Å²) in [5, 5.41) is 8.82. The zero-order valence-corrected chi connectivity index (χ0v) is 10.4. The monoisotopic (exact) mass is 283 g/mol. The highest BCUT2D eigenvalue weighted by molar-refractivity contribution is 6.15. The smallest absolute Gasteiger partial charge is 0.338 e. The van der Waals surface area contributed by atoms with E-state index < -0.39 is 40.7 Å². The molecule has 1 aliphatic rings. The van der Waals surface area contributed by atoms with Crippen molar-refractivity contribution in [1.29, 1.82) is 0 Å².